The Balaban J connectivity index is 1.40. The Hall–Kier alpha value is -0.800. The molecule has 0 aliphatic carbocycles. The van der Waals surface area contributed by atoms with Gasteiger partial charge in [0.05, 0.1) is 18.7 Å². The Morgan fingerprint density at radius 1 is 1.19 bits per heavy atom. The maximum atomic E-state index is 11.8. The molecule has 0 bridgehead atoms. The molecule has 2 aliphatic heterocycles. The summed E-state index contributed by atoms with van der Waals surface area (Å²) in [5, 5.41) is 9.25. The van der Waals surface area contributed by atoms with Crippen LogP contribution in [0.4, 0.5) is 4.79 Å². The summed E-state index contributed by atoms with van der Waals surface area (Å²) in [6.45, 7) is 0.676. The molecule has 0 saturated carbocycles. The molecule has 11 heteroatoms. The number of phosphoric acid groups is 1. The minimum atomic E-state index is -4.35. The number of hydrogen-bond donors (Lipinski definition) is 5. The lowest BCUT2D eigenvalue weighted by Gasteiger charge is -2.16. The lowest BCUT2D eigenvalue weighted by molar-refractivity contribution is -0.121. The summed E-state index contributed by atoms with van der Waals surface area (Å²) in [4.78, 5) is 40.2. The number of hydrogen-bond acceptors (Lipinski definition) is 5. The predicted molar refractivity (Wildman–Crippen MR) is 103 cm³/mol. The van der Waals surface area contributed by atoms with E-state index < -0.39 is 7.82 Å². The third-order valence-electron chi connectivity index (χ3n) is 4.73. The van der Waals surface area contributed by atoms with Crippen LogP contribution in [0.25, 0.3) is 0 Å². The Labute approximate surface area is 164 Å². The molecule has 27 heavy (non-hydrogen) atoms. The van der Waals surface area contributed by atoms with Crippen LogP contribution in [0, 0.1) is 0 Å². The molecule has 156 valence electrons. The van der Waals surface area contributed by atoms with E-state index in [9.17, 15) is 14.2 Å². The molecule has 9 nitrogen and oxygen atoms in total. The standard InChI is InChI=1S/C16H30N3O6PS/c20-14(17-9-5-1-2-6-10-25-26(22,23)24)8-4-3-7-13-15-12(11-27-13)18-16(21)19-15/h12-13,15H,1-11H2,(H,17,20)(H2,18,19,21)(H2,22,23,24). The fourth-order valence-electron chi connectivity index (χ4n) is 3.35. The minimum absolute atomic E-state index is 0.0528. The maximum Gasteiger partial charge on any atom is 0.469 e. The highest BCUT2D eigenvalue weighted by atomic mass is 32.2. The summed E-state index contributed by atoms with van der Waals surface area (Å²) in [6.07, 6.45) is 6.48. The van der Waals surface area contributed by atoms with Crippen LogP contribution in [0.1, 0.15) is 51.4 Å². The molecule has 3 atom stereocenters. The lowest BCUT2D eigenvalue weighted by atomic mass is 10.0. The zero-order valence-corrected chi connectivity index (χ0v) is 17.1. The van der Waals surface area contributed by atoms with Crippen LogP contribution in [-0.2, 0) is 13.9 Å². The van der Waals surface area contributed by atoms with Crippen molar-refractivity contribution in [2.24, 2.45) is 0 Å². The molecule has 2 rings (SSSR count). The number of fused-ring (bicyclic) bond motifs is 1. The summed E-state index contributed by atoms with van der Waals surface area (Å²) < 4.78 is 14.9. The molecule has 0 aromatic carbocycles. The molecule has 0 spiro atoms. The second-order valence-corrected chi connectivity index (χ2v) is 9.47. The zero-order valence-electron chi connectivity index (χ0n) is 15.4. The zero-order chi connectivity index (χ0) is 19.7. The van der Waals surface area contributed by atoms with Crippen LogP contribution < -0.4 is 16.0 Å². The number of carbonyl (C=O) groups is 2. The molecule has 5 N–H and O–H groups in total. The molecule has 2 aliphatic rings. The van der Waals surface area contributed by atoms with Crippen LogP contribution in [0.5, 0.6) is 0 Å². The Morgan fingerprint density at radius 2 is 1.96 bits per heavy atom. The summed E-state index contributed by atoms with van der Waals surface area (Å²) in [7, 11) is -4.35. The van der Waals surface area contributed by atoms with Gasteiger partial charge in [0.2, 0.25) is 5.91 Å². The molecular formula is C16H30N3O6PS. The quantitative estimate of drug-likeness (QED) is 0.172. The Morgan fingerprint density at radius 3 is 2.74 bits per heavy atom. The van der Waals surface area contributed by atoms with E-state index in [1.807, 2.05) is 11.8 Å². The van der Waals surface area contributed by atoms with Gasteiger partial charge in [-0.3, -0.25) is 9.32 Å². The van der Waals surface area contributed by atoms with Gasteiger partial charge in [0, 0.05) is 24.0 Å². The van der Waals surface area contributed by atoms with Crippen molar-refractivity contribution in [3.63, 3.8) is 0 Å². The van der Waals surface area contributed by atoms with Gasteiger partial charge in [0.15, 0.2) is 0 Å². The number of thioether (sulfide) groups is 1. The van der Waals surface area contributed by atoms with Crippen molar-refractivity contribution in [3.05, 3.63) is 0 Å². The molecule has 3 unspecified atom stereocenters. The topological polar surface area (TPSA) is 137 Å². The molecule has 0 aromatic heterocycles. The summed E-state index contributed by atoms with van der Waals surface area (Å²) in [5.74, 6) is 1.02. The van der Waals surface area contributed by atoms with Gasteiger partial charge in [-0.05, 0) is 25.7 Å². The van der Waals surface area contributed by atoms with Crippen molar-refractivity contribution in [1.82, 2.24) is 16.0 Å². The number of unbranched alkanes of at least 4 members (excludes halogenated alkanes) is 4. The van der Waals surface area contributed by atoms with Crippen LogP contribution in [0.2, 0.25) is 0 Å². The first-order valence-electron chi connectivity index (χ1n) is 9.50. The average molecular weight is 423 g/mol. The minimum Gasteiger partial charge on any atom is -0.356 e. The van der Waals surface area contributed by atoms with E-state index in [2.05, 4.69) is 20.5 Å². The lowest BCUT2D eigenvalue weighted by Crippen LogP contribution is -2.36. The van der Waals surface area contributed by atoms with Crippen molar-refractivity contribution >= 4 is 31.5 Å². The smallest absolute Gasteiger partial charge is 0.356 e. The molecule has 3 amide bonds. The number of urea groups is 1. The first-order valence-corrected chi connectivity index (χ1v) is 12.1. The van der Waals surface area contributed by atoms with Crippen molar-refractivity contribution in [2.75, 3.05) is 18.9 Å². The van der Waals surface area contributed by atoms with Gasteiger partial charge in [0.25, 0.3) is 0 Å². The van der Waals surface area contributed by atoms with E-state index in [-0.39, 0.29) is 30.6 Å². The van der Waals surface area contributed by atoms with Gasteiger partial charge in [-0.15, -0.1) is 0 Å². The van der Waals surface area contributed by atoms with Gasteiger partial charge >= 0.3 is 13.9 Å². The van der Waals surface area contributed by atoms with E-state index in [4.69, 9.17) is 9.79 Å². The van der Waals surface area contributed by atoms with Gasteiger partial charge in [-0.25, -0.2) is 9.36 Å². The van der Waals surface area contributed by atoms with E-state index in [1.165, 1.54) is 0 Å². The largest absolute Gasteiger partial charge is 0.469 e. The predicted octanol–water partition coefficient (Wildman–Crippen LogP) is 1.50. The van der Waals surface area contributed by atoms with E-state index in [0.717, 1.165) is 44.3 Å². The fourth-order valence-corrected chi connectivity index (χ4v) is 5.26. The van der Waals surface area contributed by atoms with Gasteiger partial charge in [-0.2, -0.15) is 11.8 Å². The molecule has 2 fully saturated rings. The average Bonchev–Trinajstić information content (AvgIpc) is 3.12. The monoisotopic (exact) mass is 423 g/mol. The Kier molecular flexibility index (Phi) is 9.38. The van der Waals surface area contributed by atoms with E-state index in [0.29, 0.717) is 24.6 Å². The first-order chi connectivity index (χ1) is 12.8. The number of carbonyl (C=O) groups excluding carboxylic acids is 2. The highest BCUT2D eigenvalue weighted by molar-refractivity contribution is 8.00. The maximum absolute atomic E-state index is 11.8. The van der Waals surface area contributed by atoms with Gasteiger partial charge in [0.1, 0.15) is 0 Å². The molecular weight excluding hydrogens is 393 g/mol. The van der Waals surface area contributed by atoms with Crippen LogP contribution in [0.3, 0.4) is 0 Å². The van der Waals surface area contributed by atoms with E-state index >= 15 is 0 Å². The SMILES string of the molecule is O=C(CCCCC1SCC2NC(=O)NC21)NCCCCCCOP(=O)(O)O. The molecule has 0 radical (unpaired) electrons. The molecule has 0 aromatic rings. The normalized spacial score (nSPS) is 24.4. The van der Waals surface area contributed by atoms with Crippen molar-refractivity contribution in [1.29, 1.82) is 0 Å². The second kappa shape index (κ2) is 11.3. The third-order valence-corrected chi connectivity index (χ3v) is 6.76. The Bertz CT molecular complexity index is 546. The summed E-state index contributed by atoms with van der Waals surface area (Å²) >= 11 is 1.89. The second-order valence-electron chi connectivity index (χ2n) is 6.96. The number of nitrogens with one attached hydrogen (secondary N) is 3. The van der Waals surface area contributed by atoms with Crippen molar-refractivity contribution < 1.29 is 28.5 Å². The van der Waals surface area contributed by atoms with Crippen LogP contribution in [0.15, 0.2) is 0 Å². The van der Waals surface area contributed by atoms with Gasteiger partial charge in [-0.1, -0.05) is 19.3 Å². The third kappa shape index (κ3) is 8.83. The van der Waals surface area contributed by atoms with Crippen LogP contribution in [-0.4, -0.2) is 58.0 Å². The molecule has 2 heterocycles. The summed E-state index contributed by atoms with van der Waals surface area (Å²) in [6, 6.07) is 0.409. The van der Waals surface area contributed by atoms with Crippen molar-refractivity contribution in [3.8, 4) is 0 Å². The number of rotatable bonds is 13. The fraction of sp³-hybridized carbons (Fsp3) is 0.875. The first kappa shape index (κ1) is 22.5. The highest BCUT2D eigenvalue weighted by Gasteiger charge is 2.42. The highest BCUT2D eigenvalue weighted by Crippen LogP contribution is 2.35. The van der Waals surface area contributed by atoms with Crippen molar-refractivity contribution in [2.45, 2.75) is 68.7 Å². The van der Waals surface area contributed by atoms with Gasteiger partial charge < -0.3 is 25.7 Å². The number of amides is 3. The van der Waals surface area contributed by atoms with Crippen LogP contribution >= 0.6 is 19.6 Å². The molecule has 2 saturated heterocycles. The number of phosphoric ester groups is 1. The van der Waals surface area contributed by atoms with E-state index in [1.54, 1.807) is 0 Å². The summed E-state index contributed by atoms with van der Waals surface area (Å²) in [5.41, 5.74) is 0.